The number of rotatable bonds is 2. The van der Waals surface area contributed by atoms with Gasteiger partial charge in [-0.15, -0.1) is 11.6 Å². The van der Waals surface area contributed by atoms with Crippen LogP contribution in [0.1, 0.15) is 6.92 Å². The van der Waals surface area contributed by atoms with E-state index in [1.807, 2.05) is 6.92 Å². The van der Waals surface area contributed by atoms with Gasteiger partial charge in [-0.3, -0.25) is 0 Å². The molecule has 0 saturated heterocycles. The Morgan fingerprint density at radius 2 is 2.29 bits per heavy atom. The van der Waals surface area contributed by atoms with Crippen molar-refractivity contribution in [3.8, 4) is 0 Å². The van der Waals surface area contributed by atoms with Crippen molar-refractivity contribution in [3.63, 3.8) is 0 Å². The van der Waals surface area contributed by atoms with Gasteiger partial charge in [0.1, 0.15) is 5.25 Å². The summed E-state index contributed by atoms with van der Waals surface area (Å²) < 4.78 is 10.4. The molecule has 0 aromatic heterocycles. The summed E-state index contributed by atoms with van der Waals surface area (Å²) in [5, 5.41) is 0.140. The molecule has 0 amide bonds. The van der Waals surface area contributed by atoms with Crippen LogP contribution in [-0.4, -0.2) is 21.9 Å². The number of hydrogen-bond acceptors (Lipinski definition) is 1. The van der Waals surface area contributed by atoms with Crippen LogP contribution in [0.2, 0.25) is 0 Å². The molecule has 44 valence electrons. The third-order valence-electron chi connectivity index (χ3n) is 0.784. The second kappa shape index (κ2) is 3.58. The van der Waals surface area contributed by atoms with Crippen molar-refractivity contribution < 1.29 is 4.55 Å². The van der Waals surface area contributed by atoms with Gasteiger partial charge in [0.25, 0.3) is 0 Å². The van der Waals surface area contributed by atoms with E-state index in [0.717, 1.165) is 0 Å². The van der Waals surface area contributed by atoms with Crippen LogP contribution in [0.3, 0.4) is 0 Å². The van der Waals surface area contributed by atoms with E-state index in [0.29, 0.717) is 5.88 Å². The molecule has 2 atom stereocenters. The van der Waals surface area contributed by atoms with Crippen LogP contribution in [0.4, 0.5) is 0 Å². The molecule has 0 aliphatic heterocycles. The normalized spacial score (nSPS) is 18.9. The lowest BCUT2D eigenvalue weighted by Gasteiger charge is -2.08. The second-order valence-electron chi connectivity index (χ2n) is 1.46. The smallest absolute Gasteiger partial charge is 0.126 e. The Kier molecular flexibility index (Phi) is 3.89. The Labute approximate surface area is 52.2 Å². The Balaban J connectivity index is 3.14. The maximum Gasteiger partial charge on any atom is 0.126 e. The van der Waals surface area contributed by atoms with Crippen molar-refractivity contribution in [1.82, 2.24) is 0 Å². The van der Waals surface area contributed by atoms with Crippen molar-refractivity contribution in [1.29, 1.82) is 0 Å². The molecule has 0 aliphatic rings. The summed E-state index contributed by atoms with van der Waals surface area (Å²) >= 11 is 4.61. The monoisotopic (exact) mass is 140 g/mol. The minimum atomic E-state index is -0.742. The lowest BCUT2D eigenvalue weighted by atomic mass is 10.6. The third kappa shape index (κ3) is 3.21. The predicted molar refractivity (Wildman–Crippen MR) is 34.2 cm³/mol. The first-order valence-electron chi connectivity index (χ1n) is 2.06. The molecule has 0 bridgehead atoms. The molecule has 0 fully saturated rings. The topological polar surface area (TPSA) is 23.1 Å². The van der Waals surface area contributed by atoms with E-state index >= 15 is 0 Å². The van der Waals surface area contributed by atoms with Crippen LogP contribution >= 0.6 is 11.6 Å². The van der Waals surface area contributed by atoms with Crippen LogP contribution in [0, 0.1) is 0 Å². The molecule has 7 heavy (non-hydrogen) atoms. The van der Waals surface area contributed by atoms with Gasteiger partial charge in [0.15, 0.2) is 0 Å². The number of alkyl halides is 1. The van der Waals surface area contributed by atoms with Crippen LogP contribution in [0.25, 0.3) is 0 Å². The molecule has 1 nitrogen and oxygen atoms in total. The minimum Gasteiger partial charge on any atom is -0.616 e. The Morgan fingerprint density at radius 1 is 1.86 bits per heavy atom. The average Bonchev–Trinajstić information content (AvgIpc) is 1.65. The van der Waals surface area contributed by atoms with Gasteiger partial charge in [0, 0.05) is 0 Å². The molecule has 2 unspecified atom stereocenters. The summed E-state index contributed by atoms with van der Waals surface area (Å²) in [6, 6.07) is 0. The van der Waals surface area contributed by atoms with E-state index in [9.17, 15) is 4.55 Å². The molecular formula is C4H9ClOS. The molecule has 0 saturated carbocycles. The van der Waals surface area contributed by atoms with E-state index in [1.54, 1.807) is 6.26 Å². The zero-order chi connectivity index (χ0) is 5.86. The summed E-state index contributed by atoms with van der Waals surface area (Å²) in [6.45, 7) is 1.86. The molecule has 0 heterocycles. The first-order valence-corrected chi connectivity index (χ1v) is 4.22. The number of hydrogen-bond donors (Lipinski definition) is 0. The highest BCUT2D eigenvalue weighted by Gasteiger charge is 2.07. The lowest BCUT2D eigenvalue weighted by molar-refractivity contribution is 0.593. The summed E-state index contributed by atoms with van der Waals surface area (Å²) in [5.74, 6) is 0.489. The molecule has 0 N–H and O–H groups in total. The molecule has 0 radical (unpaired) electrons. The molecule has 0 rings (SSSR count). The van der Waals surface area contributed by atoms with Crippen molar-refractivity contribution in [2.45, 2.75) is 12.2 Å². The molecule has 0 spiro atoms. The standard InChI is InChI=1S/C4H9ClOS/c1-4(3-5)7(2)6/h4H,3H2,1-2H3. The third-order valence-corrected chi connectivity index (χ3v) is 2.73. The van der Waals surface area contributed by atoms with Gasteiger partial charge in [0.2, 0.25) is 0 Å². The SMILES string of the molecule is CC(CCl)[S+](C)[O-]. The largest absolute Gasteiger partial charge is 0.616 e. The van der Waals surface area contributed by atoms with Gasteiger partial charge < -0.3 is 4.55 Å². The molecule has 0 aliphatic carbocycles. The van der Waals surface area contributed by atoms with Crippen molar-refractivity contribution in [2.24, 2.45) is 0 Å². The molecule has 0 aromatic carbocycles. The quantitative estimate of drug-likeness (QED) is 0.415. The fourth-order valence-electron chi connectivity index (χ4n) is 0.0887. The van der Waals surface area contributed by atoms with Gasteiger partial charge in [-0.2, -0.15) is 0 Å². The average molecular weight is 141 g/mol. The van der Waals surface area contributed by atoms with E-state index in [-0.39, 0.29) is 5.25 Å². The van der Waals surface area contributed by atoms with E-state index < -0.39 is 11.2 Å². The fraction of sp³-hybridized carbons (Fsp3) is 1.00. The zero-order valence-electron chi connectivity index (χ0n) is 4.48. The second-order valence-corrected chi connectivity index (χ2v) is 3.57. The van der Waals surface area contributed by atoms with Gasteiger partial charge in [-0.25, -0.2) is 0 Å². The van der Waals surface area contributed by atoms with Crippen molar-refractivity contribution >= 4 is 22.8 Å². The van der Waals surface area contributed by atoms with Gasteiger partial charge in [0.05, 0.1) is 12.1 Å². The molecular weight excluding hydrogens is 132 g/mol. The van der Waals surface area contributed by atoms with Gasteiger partial charge in [-0.1, -0.05) is 11.2 Å². The van der Waals surface area contributed by atoms with Crippen LogP contribution in [-0.2, 0) is 11.2 Å². The summed E-state index contributed by atoms with van der Waals surface area (Å²) in [6.07, 6.45) is 1.66. The summed E-state index contributed by atoms with van der Waals surface area (Å²) in [7, 11) is 0. The van der Waals surface area contributed by atoms with Crippen LogP contribution < -0.4 is 0 Å². The van der Waals surface area contributed by atoms with Crippen molar-refractivity contribution in [3.05, 3.63) is 0 Å². The zero-order valence-corrected chi connectivity index (χ0v) is 6.05. The highest BCUT2D eigenvalue weighted by molar-refractivity contribution is 7.91. The Bertz CT molecular complexity index is 49.0. The first-order chi connectivity index (χ1) is 3.18. The van der Waals surface area contributed by atoms with Crippen LogP contribution in [0.5, 0.6) is 0 Å². The lowest BCUT2D eigenvalue weighted by Crippen LogP contribution is -2.16. The van der Waals surface area contributed by atoms with Crippen molar-refractivity contribution in [2.75, 3.05) is 12.1 Å². The van der Waals surface area contributed by atoms with E-state index in [1.165, 1.54) is 0 Å². The van der Waals surface area contributed by atoms with Crippen LogP contribution in [0.15, 0.2) is 0 Å². The number of halogens is 1. The highest BCUT2D eigenvalue weighted by atomic mass is 35.5. The summed E-state index contributed by atoms with van der Waals surface area (Å²) in [4.78, 5) is 0. The highest BCUT2D eigenvalue weighted by Crippen LogP contribution is 1.98. The Morgan fingerprint density at radius 3 is 2.29 bits per heavy atom. The molecule has 0 aromatic rings. The Hall–Kier alpha value is 0.600. The first kappa shape index (κ1) is 7.60. The minimum absolute atomic E-state index is 0.140. The molecule has 3 heteroatoms. The van der Waals surface area contributed by atoms with Gasteiger partial charge >= 0.3 is 0 Å². The maximum absolute atomic E-state index is 10.4. The van der Waals surface area contributed by atoms with E-state index in [2.05, 4.69) is 0 Å². The maximum atomic E-state index is 10.4. The predicted octanol–water partition coefficient (Wildman–Crippen LogP) is 0.992. The summed E-state index contributed by atoms with van der Waals surface area (Å²) in [5.41, 5.74) is 0. The van der Waals surface area contributed by atoms with Gasteiger partial charge in [-0.05, 0) is 6.92 Å². The van der Waals surface area contributed by atoms with E-state index in [4.69, 9.17) is 11.6 Å². The fourth-order valence-corrected chi connectivity index (χ4v) is 0.798.